The molecule has 186 valence electrons. The predicted octanol–water partition coefficient (Wildman–Crippen LogP) is 4.63. The second-order valence-corrected chi connectivity index (χ2v) is 9.76. The van der Waals surface area contributed by atoms with Gasteiger partial charge in [0, 0.05) is 48.3 Å². The van der Waals surface area contributed by atoms with E-state index in [-0.39, 0.29) is 5.56 Å². The first-order valence-electron chi connectivity index (χ1n) is 12.5. The molecule has 2 N–H and O–H groups in total. The average molecular weight is 493 g/mol. The zero-order valence-electron chi connectivity index (χ0n) is 21.0. The molecule has 1 saturated heterocycles. The summed E-state index contributed by atoms with van der Waals surface area (Å²) in [6.45, 7) is 12.0. The summed E-state index contributed by atoms with van der Waals surface area (Å²) < 4.78 is 5.47. The number of hydrogen-bond acceptors (Lipinski definition) is 4. The number of anilines is 1. The number of pyridine rings is 1. The van der Waals surface area contributed by atoms with Gasteiger partial charge in [0.05, 0.1) is 19.8 Å². The normalized spacial score (nSPS) is 14.3. The van der Waals surface area contributed by atoms with Crippen LogP contribution in [0.3, 0.4) is 0 Å². The van der Waals surface area contributed by atoms with Crippen molar-refractivity contribution in [1.82, 2.24) is 14.8 Å². The largest absolute Gasteiger partial charge is 0.379 e. The summed E-state index contributed by atoms with van der Waals surface area (Å²) in [5.74, 6) is 0. The number of aryl methyl sites for hydroxylation is 3. The highest BCUT2D eigenvalue weighted by atomic mass is 32.1. The fourth-order valence-electron chi connectivity index (χ4n) is 4.63. The lowest BCUT2D eigenvalue weighted by atomic mass is 10.0. The molecular weight excluding hydrogens is 456 g/mol. The van der Waals surface area contributed by atoms with Crippen LogP contribution < -0.4 is 10.9 Å². The Labute approximate surface area is 213 Å². The van der Waals surface area contributed by atoms with Crippen molar-refractivity contribution in [3.05, 3.63) is 75.1 Å². The smallest absolute Gasteiger partial charge is 0.253 e. The summed E-state index contributed by atoms with van der Waals surface area (Å²) in [5.41, 5.74) is 6.10. The molecule has 4 rings (SSSR count). The van der Waals surface area contributed by atoms with E-state index >= 15 is 0 Å². The van der Waals surface area contributed by atoms with Crippen LogP contribution in [0.25, 0.3) is 10.9 Å². The Morgan fingerprint density at radius 3 is 2.60 bits per heavy atom. The second kappa shape index (κ2) is 11.8. The standard InChI is InChI=1S/C28H36N4O2S/c1-4-22-6-8-24(9-7-22)29-28(35)32(11-5-10-31-12-14-34-15-13-31)19-23-18-25-21(3)16-20(2)17-26(25)30-27(23)33/h6-9,16-18H,4-5,10-15,19H2,1-3H3,(H,29,35)(H,30,33). The zero-order chi connectivity index (χ0) is 24.8. The molecule has 6 nitrogen and oxygen atoms in total. The quantitative estimate of drug-likeness (QED) is 0.447. The Morgan fingerprint density at radius 1 is 1.14 bits per heavy atom. The van der Waals surface area contributed by atoms with Crippen LogP contribution in [-0.2, 0) is 17.7 Å². The van der Waals surface area contributed by atoms with E-state index in [0.29, 0.717) is 11.7 Å². The van der Waals surface area contributed by atoms with E-state index in [2.05, 4.69) is 64.3 Å². The molecule has 0 aliphatic carbocycles. The lowest BCUT2D eigenvalue weighted by Crippen LogP contribution is -2.40. The summed E-state index contributed by atoms with van der Waals surface area (Å²) in [6.07, 6.45) is 1.96. The third-order valence-electron chi connectivity index (χ3n) is 6.66. The van der Waals surface area contributed by atoms with Crippen LogP contribution >= 0.6 is 12.2 Å². The van der Waals surface area contributed by atoms with Gasteiger partial charge in [-0.25, -0.2) is 0 Å². The molecule has 0 radical (unpaired) electrons. The predicted molar refractivity (Wildman–Crippen MR) is 148 cm³/mol. The molecule has 0 atom stereocenters. The number of hydrogen-bond donors (Lipinski definition) is 2. The van der Waals surface area contributed by atoms with E-state index in [9.17, 15) is 4.79 Å². The van der Waals surface area contributed by atoms with Gasteiger partial charge in [-0.05, 0) is 79.9 Å². The monoisotopic (exact) mass is 492 g/mol. The summed E-state index contributed by atoms with van der Waals surface area (Å²) in [7, 11) is 0. The van der Waals surface area contributed by atoms with Gasteiger partial charge in [-0.2, -0.15) is 0 Å². The number of aromatic amines is 1. The summed E-state index contributed by atoms with van der Waals surface area (Å²) >= 11 is 5.84. The van der Waals surface area contributed by atoms with Gasteiger partial charge >= 0.3 is 0 Å². The van der Waals surface area contributed by atoms with Crippen molar-refractivity contribution < 1.29 is 4.74 Å². The first-order chi connectivity index (χ1) is 16.9. The van der Waals surface area contributed by atoms with Gasteiger partial charge in [-0.15, -0.1) is 0 Å². The number of nitrogens with zero attached hydrogens (tertiary/aromatic N) is 2. The number of aromatic nitrogens is 1. The lowest BCUT2D eigenvalue weighted by molar-refractivity contribution is 0.0367. The van der Waals surface area contributed by atoms with E-state index in [1.165, 1.54) is 5.56 Å². The number of H-pyrrole nitrogens is 1. The van der Waals surface area contributed by atoms with Gasteiger partial charge in [0.2, 0.25) is 0 Å². The third-order valence-corrected chi connectivity index (χ3v) is 7.02. The molecule has 35 heavy (non-hydrogen) atoms. The Morgan fingerprint density at radius 2 is 1.89 bits per heavy atom. The molecule has 0 amide bonds. The van der Waals surface area contributed by atoms with Crippen LogP contribution in [0.2, 0.25) is 0 Å². The van der Waals surface area contributed by atoms with Crippen molar-refractivity contribution >= 4 is 33.9 Å². The van der Waals surface area contributed by atoms with E-state index in [1.54, 1.807) is 0 Å². The maximum absolute atomic E-state index is 13.0. The van der Waals surface area contributed by atoms with Gasteiger partial charge in [0.1, 0.15) is 0 Å². The number of ether oxygens (including phenoxy) is 1. The average Bonchev–Trinajstić information content (AvgIpc) is 2.85. The van der Waals surface area contributed by atoms with Crippen molar-refractivity contribution in [1.29, 1.82) is 0 Å². The molecule has 0 saturated carbocycles. The van der Waals surface area contributed by atoms with Crippen molar-refractivity contribution in [2.75, 3.05) is 44.7 Å². The summed E-state index contributed by atoms with van der Waals surface area (Å²) in [5, 5.41) is 5.10. The van der Waals surface area contributed by atoms with Gasteiger partial charge in [0.15, 0.2) is 5.11 Å². The van der Waals surface area contributed by atoms with Gasteiger partial charge < -0.3 is 19.9 Å². The summed E-state index contributed by atoms with van der Waals surface area (Å²) in [6, 6.07) is 14.6. The van der Waals surface area contributed by atoms with Gasteiger partial charge in [-0.3, -0.25) is 9.69 Å². The third kappa shape index (κ3) is 6.69. The number of rotatable bonds is 8. The highest BCUT2D eigenvalue weighted by molar-refractivity contribution is 7.80. The van der Waals surface area contributed by atoms with Crippen LogP contribution in [0, 0.1) is 13.8 Å². The van der Waals surface area contributed by atoms with E-state index < -0.39 is 0 Å². The Kier molecular flexibility index (Phi) is 8.55. The molecule has 3 aromatic rings. The zero-order valence-corrected chi connectivity index (χ0v) is 21.8. The van der Waals surface area contributed by atoms with Crippen LogP contribution in [0.4, 0.5) is 5.69 Å². The van der Waals surface area contributed by atoms with Crippen molar-refractivity contribution in [3.8, 4) is 0 Å². The van der Waals surface area contributed by atoms with Crippen molar-refractivity contribution in [2.24, 2.45) is 0 Å². The molecule has 1 aliphatic rings. The SMILES string of the molecule is CCc1ccc(NC(=S)N(CCCN2CCOCC2)Cc2cc3c(C)cc(C)cc3[nH]c2=O)cc1. The van der Waals surface area contributed by atoms with Crippen LogP contribution in [-0.4, -0.2) is 59.3 Å². The topological polar surface area (TPSA) is 60.6 Å². The lowest BCUT2D eigenvalue weighted by Gasteiger charge is -2.29. The van der Waals surface area contributed by atoms with Crippen LogP contribution in [0.1, 0.15) is 35.6 Å². The summed E-state index contributed by atoms with van der Waals surface area (Å²) in [4.78, 5) is 20.6. The second-order valence-electron chi connectivity index (χ2n) is 9.38. The van der Waals surface area contributed by atoms with Gasteiger partial charge in [0.25, 0.3) is 5.56 Å². The van der Waals surface area contributed by atoms with Crippen molar-refractivity contribution in [3.63, 3.8) is 0 Å². The number of fused-ring (bicyclic) bond motifs is 1. The Hall–Kier alpha value is -2.74. The highest BCUT2D eigenvalue weighted by Gasteiger charge is 2.16. The number of benzene rings is 2. The molecular formula is C28H36N4O2S. The van der Waals surface area contributed by atoms with E-state index in [0.717, 1.165) is 85.5 Å². The first-order valence-corrected chi connectivity index (χ1v) is 12.9. The van der Waals surface area contributed by atoms with Gasteiger partial charge in [-0.1, -0.05) is 25.1 Å². The molecule has 7 heteroatoms. The van der Waals surface area contributed by atoms with E-state index in [4.69, 9.17) is 17.0 Å². The molecule has 0 unspecified atom stereocenters. The molecule has 2 aromatic carbocycles. The number of nitrogens with one attached hydrogen (secondary N) is 2. The molecule has 1 aliphatic heterocycles. The molecule has 1 aromatic heterocycles. The minimum atomic E-state index is -0.0595. The van der Waals surface area contributed by atoms with Crippen LogP contribution in [0.5, 0.6) is 0 Å². The van der Waals surface area contributed by atoms with Crippen molar-refractivity contribution in [2.45, 2.75) is 40.2 Å². The fraction of sp³-hybridized carbons (Fsp3) is 0.429. The number of thiocarbonyl (C=S) groups is 1. The Bertz CT molecular complexity index is 1220. The van der Waals surface area contributed by atoms with Crippen LogP contribution in [0.15, 0.2) is 47.3 Å². The minimum absolute atomic E-state index is 0.0595. The minimum Gasteiger partial charge on any atom is -0.379 e. The molecule has 0 spiro atoms. The molecule has 1 fully saturated rings. The highest BCUT2D eigenvalue weighted by Crippen LogP contribution is 2.19. The molecule has 0 bridgehead atoms. The maximum atomic E-state index is 13.0. The maximum Gasteiger partial charge on any atom is 0.253 e. The Balaban J connectivity index is 1.53. The first kappa shape index (κ1) is 25.4. The fourth-order valence-corrected chi connectivity index (χ4v) is 4.90. The van der Waals surface area contributed by atoms with E-state index in [1.807, 2.05) is 19.1 Å². The number of morpholine rings is 1. The molecule has 2 heterocycles.